The molecular formula is C11H15NO2S3. The number of nitrogens with zero attached hydrogens (tertiary/aromatic N) is 1. The number of aliphatic hydroxyl groups excluding tert-OH is 1. The molecule has 2 heterocycles. The van der Waals surface area contributed by atoms with Gasteiger partial charge in [-0.05, 0) is 11.4 Å². The van der Waals surface area contributed by atoms with Gasteiger partial charge in [0.05, 0.1) is 12.4 Å². The van der Waals surface area contributed by atoms with Gasteiger partial charge in [-0.2, -0.15) is 11.8 Å². The number of thioether (sulfide) groups is 2. The van der Waals surface area contributed by atoms with Crippen molar-refractivity contribution in [2.24, 2.45) is 0 Å². The van der Waals surface area contributed by atoms with Crippen LogP contribution in [0.5, 0.6) is 0 Å². The molecule has 1 fully saturated rings. The van der Waals surface area contributed by atoms with Crippen LogP contribution >= 0.6 is 34.9 Å². The van der Waals surface area contributed by atoms with Crippen molar-refractivity contribution >= 4 is 40.8 Å². The molecule has 1 unspecified atom stereocenters. The Morgan fingerprint density at radius 1 is 1.53 bits per heavy atom. The minimum atomic E-state index is 0.206. The molecule has 1 aliphatic heterocycles. The molecule has 1 aromatic heterocycles. The molecule has 0 radical (unpaired) electrons. The normalized spacial score (nSPS) is 20.2. The second kappa shape index (κ2) is 6.68. The lowest BCUT2D eigenvalue weighted by molar-refractivity contribution is -0.127. The van der Waals surface area contributed by atoms with Crippen molar-refractivity contribution in [3.05, 3.63) is 22.4 Å². The summed E-state index contributed by atoms with van der Waals surface area (Å²) in [5.74, 6) is 2.47. The molecule has 1 N–H and O–H groups in total. The Bertz CT molecular complexity index is 356. The highest BCUT2D eigenvalue weighted by Crippen LogP contribution is 2.40. The van der Waals surface area contributed by atoms with Crippen molar-refractivity contribution in [1.82, 2.24) is 4.90 Å². The van der Waals surface area contributed by atoms with Crippen molar-refractivity contribution in [3.8, 4) is 0 Å². The Labute approximate surface area is 114 Å². The number of carbonyl (C=O) groups excluding carboxylic acids is 1. The third-order valence-corrected chi connectivity index (χ3v) is 5.72. The summed E-state index contributed by atoms with van der Waals surface area (Å²) in [5, 5.41) is 11.0. The van der Waals surface area contributed by atoms with Gasteiger partial charge in [-0.15, -0.1) is 23.1 Å². The fraction of sp³-hybridized carbons (Fsp3) is 0.545. The SMILES string of the molecule is O=C1CSC(c2cccs2)N1CCSCCO. The van der Waals surface area contributed by atoms with Gasteiger partial charge in [-0.3, -0.25) is 4.79 Å². The fourth-order valence-electron chi connectivity index (χ4n) is 1.69. The van der Waals surface area contributed by atoms with Gasteiger partial charge in [-0.1, -0.05) is 6.07 Å². The average Bonchev–Trinajstić information content (AvgIpc) is 2.94. The lowest BCUT2D eigenvalue weighted by atomic mass is 10.4. The van der Waals surface area contributed by atoms with Gasteiger partial charge in [0.1, 0.15) is 5.37 Å². The zero-order chi connectivity index (χ0) is 12.1. The van der Waals surface area contributed by atoms with Gasteiger partial charge in [0.25, 0.3) is 0 Å². The first-order chi connectivity index (χ1) is 8.33. The molecule has 2 rings (SSSR count). The Hall–Kier alpha value is -0.170. The summed E-state index contributed by atoms with van der Waals surface area (Å²) in [6.07, 6.45) is 0. The molecule has 1 saturated heterocycles. The van der Waals surface area contributed by atoms with Gasteiger partial charge < -0.3 is 10.0 Å². The predicted molar refractivity (Wildman–Crippen MR) is 75.6 cm³/mol. The summed E-state index contributed by atoms with van der Waals surface area (Å²) in [5.41, 5.74) is 0. The first-order valence-corrected chi connectivity index (χ1v) is 8.54. The van der Waals surface area contributed by atoms with Crippen molar-refractivity contribution in [1.29, 1.82) is 0 Å². The van der Waals surface area contributed by atoms with E-state index in [0.717, 1.165) is 18.1 Å². The van der Waals surface area contributed by atoms with Crippen molar-refractivity contribution in [2.45, 2.75) is 5.37 Å². The van der Waals surface area contributed by atoms with E-state index >= 15 is 0 Å². The van der Waals surface area contributed by atoms with Gasteiger partial charge in [0, 0.05) is 22.9 Å². The molecule has 1 atom stereocenters. The number of thiophene rings is 1. The van der Waals surface area contributed by atoms with E-state index < -0.39 is 0 Å². The topological polar surface area (TPSA) is 40.5 Å². The Morgan fingerprint density at radius 3 is 3.12 bits per heavy atom. The summed E-state index contributed by atoms with van der Waals surface area (Å²) in [7, 11) is 0. The fourth-order valence-corrected chi connectivity index (χ4v) is 4.55. The Kier molecular flexibility index (Phi) is 5.21. The van der Waals surface area contributed by atoms with Crippen LogP contribution < -0.4 is 0 Å². The van der Waals surface area contributed by atoms with Crippen LogP contribution in [0, 0.1) is 0 Å². The Balaban J connectivity index is 1.90. The van der Waals surface area contributed by atoms with E-state index in [1.165, 1.54) is 4.88 Å². The third kappa shape index (κ3) is 3.40. The lowest BCUT2D eigenvalue weighted by Gasteiger charge is -2.22. The number of rotatable bonds is 6. The second-order valence-electron chi connectivity index (χ2n) is 3.60. The van der Waals surface area contributed by atoms with Gasteiger partial charge in [0.2, 0.25) is 5.91 Å². The monoisotopic (exact) mass is 289 g/mol. The van der Waals surface area contributed by atoms with Crippen molar-refractivity contribution < 1.29 is 9.90 Å². The molecule has 1 aromatic rings. The standard InChI is InChI=1S/C11H15NO2S3/c13-4-7-15-6-3-12-10(14)8-17-11(12)9-2-1-5-16-9/h1-2,5,11,13H,3-4,6-8H2. The molecule has 94 valence electrons. The van der Waals surface area contributed by atoms with E-state index in [9.17, 15) is 4.79 Å². The number of aliphatic hydroxyl groups is 1. The molecule has 1 aliphatic rings. The quantitative estimate of drug-likeness (QED) is 0.814. The molecule has 1 amide bonds. The maximum atomic E-state index is 11.8. The minimum absolute atomic E-state index is 0.206. The van der Waals surface area contributed by atoms with Crippen molar-refractivity contribution in [2.75, 3.05) is 30.4 Å². The molecule has 0 aliphatic carbocycles. The number of hydrogen-bond donors (Lipinski definition) is 1. The molecule has 0 aromatic carbocycles. The van der Waals surface area contributed by atoms with E-state index in [0.29, 0.717) is 5.75 Å². The highest BCUT2D eigenvalue weighted by atomic mass is 32.2. The molecular weight excluding hydrogens is 274 g/mol. The zero-order valence-electron chi connectivity index (χ0n) is 9.37. The largest absolute Gasteiger partial charge is 0.396 e. The molecule has 0 spiro atoms. The maximum absolute atomic E-state index is 11.8. The van der Waals surface area contributed by atoms with Crippen LogP contribution in [0.25, 0.3) is 0 Å². The summed E-state index contributed by atoms with van der Waals surface area (Å²) in [4.78, 5) is 15.0. The zero-order valence-corrected chi connectivity index (χ0v) is 11.8. The van der Waals surface area contributed by atoms with Crippen LogP contribution in [0.4, 0.5) is 0 Å². The number of hydrogen-bond acceptors (Lipinski definition) is 5. The van der Waals surface area contributed by atoms with Crippen LogP contribution in [-0.4, -0.2) is 46.3 Å². The van der Waals surface area contributed by atoms with Gasteiger partial charge in [-0.25, -0.2) is 0 Å². The minimum Gasteiger partial charge on any atom is -0.396 e. The van der Waals surface area contributed by atoms with Gasteiger partial charge in [0.15, 0.2) is 0 Å². The maximum Gasteiger partial charge on any atom is 0.233 e. The van der Waals surface area contributed by atoms with E-state index in [2.05, 4.69) is 11.4 Å². The highest BCUT2D eigenvalue weighted by Gasteiger charge is 2.32. The highest BCUT2D eigenvalue weighted by molar-refractivity contribution is 8.00. The molecule has 0 bridgehead atoms. The molecule has 6 heteroatoms. The summed E-state index contributed by atoms with van der Waals surface area (Å²) < 4.78 is 0. The van der Waals surface area contributed by atoms with E-state index in [1.807, 2.05) is 11.0 Å². The van der Waals surface area contributed by atoms with Crippen LogP contribution in [0.15, 0.2) is 17.5 Å². The number of amides is 1. The summed E-state index contributed by atoms with van der Waals surface area (Å²) in [6, 6.07) is 4.12. The molecule has 0 saturated carbocycles. The average molecular weight is 289 g/mol. The first kappa shape index (κ1) is 13.3. The first-order valence-electron chi connectivity index (χ1n) is 5.46. The van der Waals surface area contributed by atoms with Crippen LogP contribution in [0.1, 0.15) is 10.3 Å². The van der Waals surface area contributed by atoms with E-state index in [-0.39, 0.29) is 17.9 Å². The second-order valence-corrected chi connectivity index (χ2v) is 6.87. The van der Waals surface area contributed by atoms with Crippen LogP contribution in [0.2, 0.25) is 0 Å². The summed E-state index contributed by atoms with van der Waals surface area (Å²) >= 11 is 5.11. The number of carbonyl (C=O) groups is 1. The van der Waals surface area contributed by atoms with Crippen LogP contribution in [0.3, 0.4) is 0 Å². The van der Waals surface area contributed by atoms with Gasteiger partial charge >= 0.3 is 0 Å². The molecule has 17 heavy (non-hydrogen) atoms. The van der Waals surface area contributed by atoms with E-state index in [1.54, 1.807) is 34.9 Å². The predicted octanol–water partition coefficient (Wildman–Crippen LogP) is 2.05. The van der Waals surface area contributed by atoms with E-state index in [4.69, 9.17) is 5.11 Å². The smallest absolute Gasteiger partial charge is 0.233 e. The summed E-state index contributed by atoms with van der Waals surface area (Å²) in [6.45, 7) is 0.987. The Morgan fingerprint density at radius 2 is 2.41 bits per heavy atom. The lowest BCUT2D eigenvalue weighted by Crippen LogP contribution is -2.30. The molecule has 3 nitrogen and oxygen atoms in total. The van der Waals surface area contributed by atoms with Crippen LogP contribution in [-0.2, 0) is 4.79 Å². The van der Waals surface area contributed by atoms with Crippen molar-refractivity contribution in [3.63, 3.8) is 0 Å². The third-order valence-electron chi connectivity index (χ3n) is 2.47.